The van der Waals surface area contributed by atoms with Crippen molar-refractivity contribution in [1.82, 2.24) is 5.32 Å². The van der Waals surface area contributed by atoms with E-state index in [-0.39, 0.29) is 23.8 Å². The van der Waals surface area contributed by atoms with Crippen molar-refractivity contribution in [3.63, 3.8) is 0 Å². The second kappa shape index (κ2) is 5.51. The van der Waals surface area contributed by atoms with Gasteiger partial charge < -0.3 is 15.2 Å². The van der Waals surface area contributed by atoms with Gasteiger partial charge in [0.25, 0.3) is 0 Å². The number of carboxylic acids is 1. The molecule has 0 heterocycles. The van der Waals surface area contributed by atoms with Crippen molar-refractivity contribution >= 4 is 11.9 Å². The molecule has 0 aliphatic heterocycles. The Morgan fingerprint density at radius 1 is 1.14 bits per heavy atom. The normalized spacial score (nSPS) is 31.9. The molecule has 1 amide bonds. The largest absolute Gasteiger partial charge is 0.550 e. The summed E-state index contributed by atoms with van der Waals surface area (Å²) in [6.07, 6.45) is 2.74. The Bertz CT molecular complexity index is 542. The molecule has 2 bridgehead atoms. The van der Waals surface area contributed by atoms with E-state index in [9.17, 15) is 14.7 Å². The van der Waals surface area contributed by atoms with Gasteiger partial charge in [-0.3, -0.25) is 4.79 Å². The van der Waals surface area contributed by atoms with E-state index in [2.05, 4.69) is 5.32 Å². The van der Waals surface area contributed by atoms with Crippen LogP contribution < -0.4 is 10.4 Å². The lowest BCUT2D eigenvalue weighted by Gasteiger charge is -2.31. The average molecular weight is 286 g/mol. The van der Waals surface area contributed by atoms with Crippen LogP contribution in [0.5, 0.6) is 0 Å². The summed E-state index contributed by atoms with van der Waals surface area (Å²) >= 11 is 0. The van der Waals surface area contributed by atoms with Crippen molar-refractivity contribution in [2.24, 2.45) is 23.7 Å². The molecule has 4 heteroatoms. The van der Waals surface area contributed by atoms with Crippen LogP contribution in [0, 0.1) is 23.7 Å². The first kappa shape index (κ1) is 14.1. The molecule has 0 radical (unpaired) electrons. The molecule has 21 heavy (non-hydrogen) atoms. The molecular weight excluding hydrogens is 266 g/mol. The molecule has 0 saturated heterocycles. The average Bonchev–Trinajstić information content (AvgIpc) is 3.08. The highest BCUT2D eigenvalue weighted by molar-refractivity contribution is 5.85. The molecule has 0 aromatic heterocycles. The number of hydrogen-bond acceptors (Lipinski definition) is 3. The summed E-state index contributed by atoms with van der Waals surface area (Å²) < 4.78 is 0. The van der Waals surface area contributed by atoms with Crippen LogP contribution in [-0.2, 0) is 9.59 Å². The maximum Gasteiger partial charge on any atom is 0.224 e. The van der Waals surface area contributed by atoms with Gasteiger partial charge in [-0.05, 0) is 43.6 Å². The molecule has 1 aromatic carbocycles. The van der Waals surface area contributed by atoms with E-state index in [4.69, 9.17) is 0 Å². The first-order chi connectivity index (χ1) is 10.1. The fraction of sp³-hybridized carbons (Fsp3) is 0.529. The van der Waals surface area contributed by atoms with Gasteiger partial charge in [0.1, 0.15) is 0 Å². The molecule has 2 aliphatic carbocycles. The van der Waals surface area contributed by atoms with Crippen molar-refractivity contribution < 1.29 is 14.7 Å². The van der Waals surface area contributed by atoms with Crippen molar-refractivity contribution in [2.45, 2.75) is 32.2 Å². The fourth-order valence-electron chi connectivity index (χ4n) is 4.14. The second-order valence-corrected chi connectivity index (χ2v) is 6.34. The molecule has 2 fully saturated rings. The van der Waals surface area contributed by atoms with Crippen LogP contribution in [-0.4, -0.2) is 11.9 Å². The van der Waals surface area contributed by atoms with E-state index >= 15 is 0 Å². The van der Waals surface area contributed by atoms with Crippen molar-refractivity contribution in [3.05, 3.63) is 35.9 Å². The zero-order valence-electron chi connectivity index (χ0n) is 12.1. The molecule has 5 atom stereocenters. The third-order valence-corrected chi connectivity index (χ3v) is 5.15. The van der Waals surface area contributed by atoms with Gasteiger partial charge in [-0.2, -0.15) is 0 Å². The Hall–Kier alpha value is -1.84. The molecule has 112 valence electrons. The van der Waals surface area contributed by atoms with Crippen molar-refractivity contribution in [2.75, 3.05) is 0 Å². The Morgan fingerprint density at radius 2 is 1.76 bits per heavy atom. The summed E-state index contributed by atoms with van der Waals surface area (Å²) in [4.78, 5) is 23.9. The minimum Gasteiger partial charge on any atom is -0.550 e. The molecule has 4 nitrogen and oxygen atoms in total. The zero-order chi connectivity index (χ0) is 15.0. The third kappa shape index (κ3) is 2.55. The number of carbonyl (C=O) groups excluding carboxylic acids is 2. The SMILES string of the molecule is C[C@@H](NC(=O)[C@@H]1[C@@H]2CC[C@@H](C2)[C@@H]1C(=O)[O-])c1ccccc1. The molecule has 1 aromatic rings. The summed E-state index contributed by atoms with van der Waals surface area (Å²) in [5.74, 6) is -1.88. The Balaban J connectivity index is 1.72. The fourth-order valence-corrected chi connectivity index (χ4v) is 4.14. The summed E-state index contributed by atoms with van der Waals surface area (Å²) in [5.41, 5.74) is 1.03. The quantitative estimate of drug-likeness (QED) is 0.906. The minimum atomic E-state index is -1.06. The number of nitrogens with one attached hydrogen (secondary N) is 1. The number of carboxylic acid groups (broad SMARTS) is 1. The molecular formula is C17H20NO3-. The number of carbonyl (C=O) groups is 2. The summed E-state index contributed by atoms with van der Waals surface area (Å²) in [6.45, 7) is 1.93. The highest BCUT2D eigenvalue weighted by Gasteiger charge is 2.51. The van der Waals surface area contributed by atoms with Crippen LogP contribution in [0.4, 0.5) is 0 Å². The maximum absolute atomic E-state index is 12.5. The minimum absolute atomic E-state index is 0.111. The highest BCUT2D eigenvalue weighted by atomic mass is 16.4. The lowest BCUT2D eigenvalue weighted by molar-refractivity contribution is -0.314. The maximum atomic E-state index is 12.5. The van der Waals surface area contributed by atoms with Crippen LogP contribution in [0.25, 0.3) is 0 Å². The number of hydrogen-bond donors (Lipinski definition) is 1. The van der Waals surface area contributed by atoms with E-state index in [1.165, 1.54) is 0 Å². The standard InChI is InChI=1S/C17H21NO3/c1-10(11-5-3-2-4-6-11)18-16(19)14-12-7-8-13(9-12)15(14)17(20)21/h2-6,10,12-15H,7-9H2,1H3,(H,18,19)(H,20,21)/p-1/t10-,12-,13+,14-,15+/m1/s1. The van der Waals surface area contributed by atoms with E-state index < -0.39 is 17.8 Å². The van der Waals surface area contributed by atoms with Crippen LogP contribution >= 0.6 is 0 Å². The number of aliphatic carboxylic acids is 1. The van der Waals surface area contributed by atoms with Crippen LogP contribution in [0.1, 0.15) is 37.8 Å². The Kier molecular flexibility index (Phi) is 3.70. The predicted octanol–water partition coefficient (Wildman–Crippen LogP) is 1.28. The van der Waals surface area contributed by atoms with Gasteiger partial charge in [0.2, 0.25) is 5.91 Å². The van der Waals surface area contributed by atoms with Crippen molar-refractivity contribution in [3.8, 4) is 0 Å². The zero-order valence-corrected chi connectivity index (χ0v) is 12.1. The summed E-state index contributed by atoms with van der Waals surface area (Å²) in [6, 6.07) is 9.60. The van der Waals surface area contributed by atoms with Gasteiger partial charge in [0.15, 0.2) is 0 Å². The number of amides is 1. The smallest absolute Gasteiger partial charge is 0.224 e. The Labute approximate surface area is 124 Å². The van der Waals surface area contributed by atoms with Gasteiger partial charge in [-0.25, -0.2) is 0 Å². The molecule has 2 saturated carbocycles. The summed E-state index contributed by atoms with van der Waals surface area (Å²) in [5, 5.41) is 14.3. The molecule has 0 unspecified atom stereocenters. The first-order valence-electron chi connectivity index (χ1n) is 7.64. The van der Waals surface area contributed by atoms with E-state index in [0.717, 1.165) is 24.8 Å². The van der Waals surface area contributed by atoms with Crippen LogP contribution in [0.2, 0.25) is 0 Å². The molecule has 0 spiro atoms. The third-order valence-electron chi connectivity index (χ3n) is 5.15. The van der Waals surface area contributed by atoms with E-state index in [0.29, 0.717) is 0 Å². The second-order valence-electron chi connectivity index (χ2n) is 6.34. The number of benzene rings is 1. The van der Waals surface area contributed by atoms with Crippen molar-refractivity contribution in [1.29, 1.82) is 0 Å². The predicted molar refractivity (Wildman–Crippen MR) is 75.8 cm³/mol. The van der Waals surface area contributed by atoms with Gasteiger partial charge >= 0.3 is 0 Å². The molecule has 3 rings (SSSR count). The van der Waals surface area contributed by atoms with E-state index in [1.54, 1.807) is 0 Å². The Morgan fingerprint density at radius 3 is 2.38 bits per heavy atom. The van der Waals surface area contributed by atoms with Gasteiger partial charge in [-0.15, -0.1) is 0 Å². The lowest BCUT2D eigenvalue weighted by Crippen LogP contribution is -2.46. The number of rotatable bonds is 4. The number of fused-ring (bicyclic) bond motifs is 2. The van der Waals surface area contributed by atoms with E-state index in [1.807, 2.05) is 37.3 Å². The van der Waals surface area contributed by atoms with Crippen LogP contribution in [0.3, 0.4) is 0 Å². The van der Waals surface area contributed by atoms with Gasteiger partial charge in [0, 0.05) is 17.8 Å². The molecule has 1 N–H and O–H groups in total. The summed E-state index contributed by atoms with van der Waals surface area (Å²) in [7, 11) is 0. The topological polar surface area (TPSA) is 69.2 Å². The van der Waals surface area contributed by atoms with Gasteiger partial charge in [0.05, 0.1) is 6.04 Å². The highest BCUT2D eigenvalue weighted by Crippen LogP contribution is 2.52. The monoisotopic (exact) mass is 286 g/mol. The lowest BCUT2D eigenvalue weighted by atomic mass is 9.78. The molecule has 2 aliphatic rings. The first-order valence-corrected chi connectivity index (χ1v) is 7.64. The van der Waals surface area contributed by atoms with Crippen LogP contribution in [0.15, 0.2) is 30.3 Å². The van der Waals surface area contributed by atoms with Gasteiger partial charge in [-0.1, -0.05) is 30.3 Å².